The van der Waals surface area contributed by atoms with E-state index in [0.717, 1.165) is 5.69 Å². The van der Waals surface area contributed by atoms with Crippen LogP contribution in [0, 0.1) is 17.2 Å². The number of hydrogen-bond acceptors (Lipinski definition) is 4. The number of hydrogen-bond donors (Lipinski definition) is 0. The van der Waals surface area contributed by atoms with Crippen LogP contribution in [0.1, 0.15) is 5.69 Å². The zero-order valence-corrected chi connectivity index (χ0v) is 10.1. The average molecular weight is 245 g/mol. The number of rotatable bonds is 3. The Kier molecular flexibility index (Phi) is 4.26. The molecule has 2 heterocycles. The Hall–Kier alpha value is -1.93. The predicted molar refractivity (Wildman–Crippen MR) is 64.4 cm³/mol. The molecule has 2 rings (SSSR count). The molecule has 1 aromatic rings. The fourth-order valence-electron chi connectivity index (χ4n) is 1.92. The summed E-state index contributed by atoms with van der Waals surface area (Å²) in [4.78, 5) is 18.0. The Balaban J connectivity index is 2.00. The average Bonchev–Trinajstić information content (AvgIpc) is 2.46. The highest BCUT2D eigenvalue weighted by molar-refractivity contribution is 5.81. The smallest absolute Gasteiger partial charge is 0.240 e. The Morgan fingerprint density at radius 2 is 2.28 bits per heavy atom. The van der Waals surface area contributed by atoms with Gasteiger partial charge in [0.05, 0.1) is 19.3 Å². The lowest BCUT2D eigenvalue weighted by Gasteiger charge is -2.28. The summed E-state index contributed by atoms with van der Waals surface area (Å²) in [6, 6.07) is 7.58. The molecule has 5 nitrogen and oxygen atoms in total. The van der Waals surface area contributed by atoms with Crippen LogP contribution in [-0.4, -0.2) is 42.1 Å². The molecule has 1 saturated heterocycles. The molecule has 1 unspecified atom stereocenters. The normalized spacial score (nSPS) is 16.9. The van der Waals surface area contributed by atoms with Crippen molar-refractivity contribution in [2.75, 3.05) is 26.3 Å². The van der Waals surface area contributed by atoms with Crippen molar-refractivity contribution in [3.8, 4) is 6.07 Å². The maximum Gasteiger partial charge on any atom is 0.240 e. The molecule has 1 atom stereocenters. The number of pyridine rings is 1. The summed E-state index contributed by atoms with van der Waals surface area (Å²) in [5, 5.41) is 9.13. The van der Waals surface area contributed by atoms with Gasteiger partial charge in [0.15, 0.2) is 0 Å². The van der Waals surface area contributed by atoms with Crippen molar-refractivity contribution < 1.29 is 9.53 Å². The van der Waals surface area contributed by atoms with Crippen molar-refractivity contribution in [3.63, 3.8) is 0 Å². The van der Waals surface area contributed by atoms with Gasteiger partial charge in [-0.05, 0) is 12.1 Å². The van der Waals surface area contributed by atoms with Crippen molar-refractivity contribution in [2.24, 2.45) is 5.92 Å². The third-order valence-electron chi connectivity index (χ3n) is 2.92. The first-order chi connectivity index (χ1) is 8.81. The summed E-state index contributed by atoms with van der Waals surface area (Å²) in [5.74, 6) is -0.774. The minimum atomic E-state index is -0.655. The molecule has 1 aliphatic heterocycles. The second-order valence-electron chi connectivity index (χ2n) is 4.14. The van der Waals surface area contributed by atoms with Crippen molar-refractivity contribution in [1.82, 2.24) is 9.88 Å². The first kappa shape index (κ1) is 12.5. The summed E-state index contributed by atoms with van der Waals surface area (Å²) in [5.41, 5.74) is 0.769. The van der Waals surface area contributed by atoms with Gasteiger partial charge in [-0.2, -0.15) is 5.26 Å². The maximum absolute atomic E-state index is 12.2. The Morgan fingerprint density at radius 1 is 1.50 bits per heavy atom. The molecule has 1 aliphatic rings. The molecule has 0 aromatic carbocycles. The van der Waals surface area contributed by atoms with Gasteiger partial charge in [0.2, 0.25) is 5.91 Å². The van der Waals surface area contributed by atoms with Crippen LogP contribution >= 0.6 is 0 Å². The van der Waals surface area contributed by atoms with E-state index in [4.69, 9.17) is 10.00 Å². The van der Waals surface area contributed by atoms with Gasteiger partial charge < -0.3 is 9.64 Å². The van der Waals surface area contributed by atoms with Crippen molar-refractivity contribution in [1.29, 1.82) is 5.26 Å². The van der Waals surface area contributed by atoms with Gasteiger partial charge in [0, 0.05) is 31.4 Å². The molecule has 0 aliphatic carbocycles. The second kappa shape index (κ2) is 6.12. The van der Waals surface area contributed by atoms with Crippen LogP contribution in [0.3, 0.4) is 0 Å². The van der Waals surface area contributed by atoms with E-state index in [-0.39, 0.29) is 5.91 Å². The van der Waals surface area contributed by atoms with Gasteiger partial charge >= 0.3 is 0 Å². The molecule has 0 spiro atoms. The quantitative estimate of drug-likeness (QED) is 0.783. The first-order valence-corrected chi connectivity index (χ1v) is 5.97. The topological polar surface area (TPSA) is 66.2 Å². The fourth-order valence-corrected chi connectivity index (χ4v) is 1.92. The van der Waals surface area contributed by atoms with Crippen molar-refractivity contribution >= 4 is 5.91 Å². The molecule has 0 bridgehead atoms. The van der Waals surface area contributed by atoms with E-state index in [2.05, 4.69) is 11.1 Å². The molecule has 0 saturated carbocycles. The van der Waals surface area contributed by atoms with Crippen LogP contribution in [0.4, 0.5) is 0 Å². The number of ether oxygens (including phenoxy) is 1. The lowest BCUT2D eigenvalue weighted by atomic mass is 10.0. The first-order valence-electron chi connectivity index (χ1n) is 5.97. The Bertz CT molecular complexity index is 435. The number of carbonyl (C=O) groups excluding carboxylic acids is 1. The van der Waals surface area contributed by atoms with Crippen LogP contribution in [-0.2, 0) is 16.0 Å². The summed E-state index contributed by atoms with van der Waals surface area (Å²) in [7, 11) is 0. The van der Waals surface area contributed by atoms with Crippen molar-refractivity contribution in [3.05, 3.63) is 30.1 Å². The van der Waals surface area contributed by atoms with E-state index < -0.39 is 5.92 Å². The predicted octanol–water partition coefficient (Wildman–Crippen LogP) is 0.623. The maximum atomic E-state index is 12.2. The summed E-state index contributed by atoms with van der Waals surface area (Å²) in [6.07, 6.45) is 2.04. The number of carbonyl (C=O) groups is 1. The van der Waals surface area contributed by atoms with Gasteiger partial charge in [0.1, 0.15) is 5.92 Å². The summed E-state index contributed by atoms with van der Waals surface area (Å²) in [6.45, 7) is 2.24. The number of amides is 1. The van der Waals surface area contributed by atoms with Gasteiger partial charge in [-0.1, -0.05) is 6.07 Å². The van der Waals surface area contributed by atoms with Gasteiger partial charge in [-0.3, -0.25) is 9.78 Å². The van der Waals surface area contributed by atoms with Crippen LogP contribution in [0.25, 0.3) is 0 Å². The summed E-state index contributed by atoms with van der Waals surface area (Å²) >= 11 is 0. The molecule has 0 N–H and O–H groups in total. The standard InChI is InChI=1S/C13H15N3O2/c14-10-11(9-12-3-1-2-4-15-12)13(17)16-5-7-18-8-6-16/h1-4,11H,5-9H2. The minimum Gasteiger partial charge on any atom is -0.378 e. The molecule has 1 amide bonds. The van der Waals surface area contributed by atoms with E-state index in [1.165, 1.54) is 0 Å². The number of morpholine rings is 1. The third-order valence-corrected chi connectivity index (χ3v) is 2.92. The highest BCUT2D eigenvalue weighted by Gasteiger charge is 2.26. The van der Waals surface area contributed by atoms with E-state index in [0.29, 0.717) is 32.7 Å². The highest BCUT2D eigenvalue weighted by atomic mass is 16.5. The lowest BCUT2D eigenvalue weighted by molar-refractivity contribution is -0.137. The largest absolute Gasteiger partial charge is 0.378 e. The van der Waals surface area contributed by atoms with Gasteiger partial charge in [-0.25, -0.2) is 0 Å². The molecule has 18 heavy (non-hydrogen) atoms. The second-order valence-corrected chi connectivity index (χ2v) is 4.14. The van der Waals surface area contributed by atoms with Crippen LogP contribution in [0.5, 0.6) is 0 Å². The molecule has 1 aromatic heterocycles. The van der Waals surface area contributed by atoms with Gasteiger partial charge in [0.25, 0.3) is 0 Å². The van der Waals surface area contributed by atoms with Crippen LogP contribution < -0.4 is 0 Å². The zero-order valence-electron chi connectivity index (χ0n) is 10.1. The number of aromatic nitrogens is 1. The van der Waals surface area contributed by atoms with Gasteiger partial charge in [-0.15, -0.1) is 0 Å². The SMILES string of the molecule is N#CC(Cc1ccccn1)C(=O)N1CCOCC1. The van der Waals surface area contributed by atoms with E-state index in [9.17, 15) is 4.79 Å². The molecule has 5 heteroatoms. The molecule has 0 radical (unpaired) electrons. The van der Waals surface area contributed by atoms with Crippen LogP contribution in [0.15, 0.2) is 24.4 Å². The Labute approximate surface area is 106 Å². The highest BCUT2D eigenvalue weighted by Crippen LogP contribution is 2.11. The van der Waals surface area contributed by atoms with E-state index in [1.807, 2.05) is 18.2 Å². The summed E-state index contributed by atoms with van der Waals surface area (Å²) < 4.78 is 5.19. The lowest BCUT2D eigenvalue weighted by Crippen LogP contribution is -2.44. The third kappa shape index (κ3) is 3.05. The molecular weight excluding hydrogens is 230 g/mol. The zero-order chi connectivity index (χ0) is 12.8. The molecule has 94 valence electrons. The minimum absolute atomic E-state index is 0.119. The van der Waals surface area contributed by atoms with Crippen LogP contribution in [0.2, 0.25) is 0 Å². The number of nitriles is 1. The van der Waals surface area contributed by atoms with E-state index >= 15 is 0 Å². The number of nitrogens with zero attached hydrogens (tertiary/aromatic N) is 3. The van der Waals surface area contributed by atoms with Crippen molar-refractivity contribution in [2.45, 2.75) is 6.42 Å². The fraction of sp³-hybridized carbons (Fsp3) is 0.462. The molecular formula is C13H15N3O2. The van der Waals surface area contributed by atoms with E-state index in [1.54, 1.807) is 11.1 Å². The molecule has 1 fully saturated rings. The monoisotopic (exact) mass is 245 g/mol. The Morgan fingerprint density at radius 3 is 2.89 bits per heavy atom.